The number of aromatic nitrogens is 4. The van der Waals surface area contributed by atoms with Gasteiger partial charge < -0.3 is 10.6 Å². The van der Waals surface area contributed by atoms with Gasteiger partial charge in [-0.2, -0.15) is 9.61 Å². The molecule has 3 rings (SSSR count). The van der Waals surface area contributed by atoms with Crippen LogP contribution in [0.3, 0.4) is 0 Å². The van der Waals surface area contributed by atoms with E-state index in [1.54, 1.807) is 10.7 Å². The number of piperidine rings is 1. The summed E-state index contributed by atoms with van der Waals surface area (Å²) >= 11 is 6.01. The summed E-state index contributed by atoms with van der Waals surface area (Å²) < 4.78 is 1.71. The van der Waals surface area contributed by atoms with Gasteiger partial charge in [0.15, 0.2) is 5.15 Å². The number of halogens is 1. The molecule has 2 aromatic rings. The van der Waals surface area contributed by atoms with Gasteiger partial charge in [0, 0.05) is 6.54 Å². The standard InChI is InChI=1S/C12H17ClN6/c1-2-12(5-3-6-14-8-12)16-11-18-17-10(13)9-4-7-15-19(9)11/h4,7,14H,2-3,5-6,8H2,1H3,(H,16,18)/t12-/m1/s1. The summed E-state index contributed by atoms with van der Waals surface area (Å²) in [7, 11) is 0. The molecule has 1 aliphatic rings. The summed E-state index contributed by atoms with van der Waals surface area (Å²) in [5, 5.41) is 19.7. The zero-order valence-electron chi connectivity index (χ0n) is 10.9. The van der Waals surface area contributed by atoms with Crippen molar-refractivity contribution >= 4 is 23.1 Å². The lowest BCUT2D eigenvalue weighted by Crippen LogP contribution is -2.51. The van der Waals surface area contributed by atoms with Crippen LogP contribution in [0.2, 0.25) is 5.15 Å². The van der Waals surface area contributed by atoms with Crippen molar-refractivity contribution in [2.24, 2.45) is 0 Å². The monoisotopic (exact) mass is 280 g/mol. The van der Waals surface area contributed by atoms with Gasteiger partial charge in [-0.05, 0) is 31.9 Å². The third-order valence-corrected chi connectivity index (χ3v) is 4.08. The van der Waals surface area contributed by atoms with Crippen molar-refractivity contribution in [1.82, 2.24) is 25.1 Å². The molecule has 0 aromatic carbocycles. The first-order chi connectivity index (χ1) is 9.24. The molecule has 0 unspecified atom stereocenters. The van der Waals surface area contributed by atoms with E-state index >= 15 is 0 Å². The van der Waals surface area contributed by atoms with Gasteiger partial charge in [-0.3, -0.25) is 0 Å². The van der Waals surface area contributed by atoms with Gasteiger partial charge in [-0.15, -0.1) is 10.2 Å². The highest BCUT2D eigenvalue weighted by atomic mass is 35.5. The summed E-state index contributed by atoms with van der Waals surface area (Å²) in [6.45, 7) is 4.19. The quantitative estimate of drug-likeness (QED) is 0.896. The molecule has 0 saturated carbocycles. The molecule has 2 N–H and O–H groups in total. The molecule has 102 valence electrons. The number of anilines is 1. The molecule has 1 aliphatic heterocycles. The Morgan fingerprint density at radius 1 is 1.53 bits per heavy atom. The topological polar surface area (TPSA) is 67.1 Å². The molecule has 19 heavy (non-hydrogen) atoms. The van der Waals surface area contributed by atoms with E-state index in [9.17, 15) is 0 Å². The Labute approximate surface area is 116 Å². The minimum Gasteiger partial charge on any atom is -0.346 e. The number of nitrogens with one attached hydrogen (secondary N) is 2. The SMILES string of the molecule is CC[C@@]1(Nc2nnc(Cl)c3ccnn23)CCCNC1. The maximum absolute atomic E-state index is 6.01. The van der Waals surface area contributed by atoms with Crippen molar-refractivity contribution in [2.45, 2.75) is 31.7 Å². The highest BCUT2D eigenvalue weighted by Gasteiger charge is 2.31. The Morgan fingerprint density at radius 3 is 3.16 bits per heavy atom. The Morgan fingerprint density at radius 2 is 2.42 bits per heavy atom. The number of nitrogens with zero attached hydrogens (tertiary/aromatic N) is 4. The minimum absolute atomic E-state index is 0.0135. The van der Waals surface area contributed by atoms with E-state index in [-0.39, 0.29) is 5.54 Å². The molecule has 7 heteroatoms. The first-order valence-corrected chi connectivity index (χ1v) is 6.97. The van der Waals surface area contributed by atoms with Crippen LogP contribution in [-0.2, 0) is 0 Å². The number of rotatable bonds is 3. The zero-order chi connectivity index (χ0) is 13.3. The van der Waals surface area contributed by atoms with E-state index < -0.39 is 0 Å². The van der Waals surface area contributed by atoms with Crippen LogP contribution >= 0.6 is 11.6 Å². The molecule has 0 spiro atoms. The Kier molecular flexibility index (Phi) is 3.28. The molecule has 2 aromatic heterocycles. The van der Waals surface area contributed by atoms with Crippen LogP contribution in [0, 0.1) is 0 Å². The van der Waals surface area contributed by atoms with Gasteiger partial charge in [0.1, 0.15) is 5.52 Å². The summed E-state index contributed by atoms with van der Waals surface area (Å²) in [5.74, 6) is 0.648. The lowest BCUT2D eigenvalue weighted by Gasteiger charge is -2.37. The highest BCUT2D eigenvalue weighted by molar-refractivity contribution is 6.32. The molecular formula is C12H17ClN6. The first kappa shape index (κ1) is 12.6. The number of hydrogen-bond acceptors (Lipinski definition) is 5. The van der Waals surface area contributed by atoms with Crippen molar-refractivity contribution in [3.63, 3.8) is 0 Å². The number of hydrogen-bond donors (Lipinski definition) is 2. The molecule has 6 nitrogen and oxygen atoms in total. The molecular weight excluding hydrogens is 264 g/mol. The predicted octanol–water partition coefficient (Wildman–Crippen LogP) is 1.72. The van der Waals surface area contributed by atoms with Crippen LogP contribution in [-0.4, -0.2) is 38.4 Å². The Bertz CT molecular complexity index is 575. The molecule has 1 saturated heterocycles. The van der Waals surface area contributed by atoms with Gasteiger partial charge in [-0.1, -0.05) is 18.5 Å². The normalized spacial score (nSPS) is 23.7. The van der Waals surface area contributed by atoms with E-state index in [0.717, 1.165) is 37.9 Å². The molecule has 3 heterocycles. The smallest absolute Gasteiger partial charge is 0.245 e. The summed E-state index contributed by atoms with van der Waals surface area (Å²) in [5.41, 5.74) is 0.786. The second-order valence-corrected chi connectivity index (χ2v) is 5.34. The van der Waals surface area contributed by atoms with Crippen molar-refractivity contribution in [3.8, 4) is 0 Å². The van der Waals surface area contributed by atoms with Crippen molar-refractivity contribution in [3.05, 3.63) is 17.4 Å². The van der Waals surface area contributed by atoms with Crippen LogP contribution in [0.5, 0.6) is 0 Å². The summed E-state index contributed by atoms with van der Waals surface area (Å²) in [4.78, 5) is 0. The van der Waals surface area contributed by atoms with Crippen LogP contribution in [0.25, 0.3) is 5.52 Å². The average molecular weight is 281 g/mol. The maximum Gasteiger partial charge on any atom is 0.245 e. The van der Waals surface area contributed by atoms with Gasteiger partial charge in [0.2, 0.25) is 5.95 Å². The largest absolute Gasteiger partial charge is 0.346 e. The van der Waals surface area contributed by atoms with Gasteiger partial charge in [0.25, 0.3) is 0 Å². The van der Waals surface area contributed by atoms with Crippen LogP contribution < -0.4 is 10.6 Å². The second kappa shape index (κ2) is 4.94. The van der Waals surface area contributed by atoms with E-state index in [4.69, 9.17) is 11.6 Å². The molecule has 1 fully saturated rings. The fourth-order valence-corrected chi connectivity index (χ4v) is 2.77. The van der Waals surface area contributed by atoms with Gasteiger partial charge in [0.05, 0.1) is 11.7 Å². The van der Waals surface area contributed by atoms with E-state index in [1.165, 1.54) is 0 Å². The van der Waals surface area contributed by atoms with E-state index in [0.29, 0.717) is 11.1 Å². The summed E-state index contributed by atoms with van der Waals surface area (Å²) in [6.07, 6.45) is 4.99. The second-order valence-electron chi connectivity index (χ2n) is 4.98. The first-order valence-electron chi connectivity index (χ1n) is 6.59. The van der Waals surface area contributed by atoms with Crippen molar-refractivity contribution < 1.29 is 0 Å². The van der Waals surface area contributed by atoms with Crippen LogP contribution in [0.4, 0.5) is 5.95 Å². The van der Waals surface area contributed by atoms with Crippen molar-refractivity contribution in [2.75, 3.05) is 18.4 Å². The molecule has 1 atom stereocenters. The van der Waals surface area contributed by atoms with Crippen molar-refractivity contribution in [1.29, 1.82) is 0 Å². The van der Waals surface area contributed by atoms with Gasteiger partial charge in [-0.25, -0.2) is 0 Å². The predicted molar refractivity (Wildman–Crippen MR) is 74.5 cm³/mol. The highest BCUT2D eigenvalue weighted by Crippen LogP contribution is 2.25. The van der Waals surface area contributed by atoms with Crippen LogP contribution in [0.15, 0.2) is 12.3 Å². The third-order valence-electron chi connectivity index (χ3n) is 3.81. The van der Waals surface area contributed by atoms with Crippen LogP contribution in [0.1, 0.15) is 26.2 Å². The zero-order valence-corrected chi connectivity index (χ0v) is 11.6. The van der Waals surface area contributed by atoms with E-state index in [2.05, 4.69) is 32.9 Å². The average Bonchev–Trinajstić information content (AvgIpc) is 2.94. The lowest BCUT2D eigenvalue weighted by atomic mass is 9.88. The molecule has 0 amide bonds. The minimum atomic E-state index is 0.0135. The van der Waals surface area contributed by atoms with E-state index in [1.807, 2.05) is 6.07 Å². The third kappa shape index (κ3) is 2.26. The molecule has 0 radical (unpaired) electrons. The fourth-order valence-electron chi connectivity index (χ4n) is 2.59. The number of fused-ring (bicyclic) bond motifs is 1. The lowest BCUT2D eigenvalue weighted by molar-refractivity contribution is 0.330. The fraction of sp³-hybridized carbons (Fsp3) is 0.583. The van der Waals surface area contributed by atoms with Gasteiger partial charge >= 0.3 is 0 Å². The molecule has 0 bridgehead atoms. The maximum atomic E-state index is 6.01. The Hall–Kier alpha value is -1.40. The molecule has 0 aliphatic carbocycles. The summed E-state index contributed by atoms with van der Waals surface area (Å²) in [6, 6.07) is 1.83. The Balaban J connectivity index is 1.96.